The molecule has 362 valence electrons. The fourth-order valence-corrected chi connectivity index (χ4v) is 7.24. The van der Waals surface area contributed by atoms with E-state index in [-0.39, 0.29) is 37.5 Å². The van der Waals surface area contributed by atoms with Crippen molar-refractivity contribution in [3.63, 3.8) is 0 Å². The summed E-state index contributed by atoms with van der Waals surface area (Å²) in [5, 5.41) is 0. The van der Waals surface area contributed by atoms with Crippen LogP contribution >= 0.6 is 0 Å². The smallest absolute Gasteiger partial charge is 0.306 e. The van der Waals surface area contributed by atoms with Gasteiger partial charge in [0.05, 0.1) is 0 Å². The number of carbonyl (C=O) groups excluding carboxylic acids is 3. The minimum absolute atomic E-state index is 0.0994. The SMILES string of the molecule is CC/C=C\C/C=C\C/C=C\CCCCCCCC(=O)OC[C@H](COC(=O)CCCCCCCCCCCCCCC)OC(=O)CCC/C=C\C/C=C\C/C=C\CCCCCCCC. The van der Waals surface area contributed by atoms with Crippen LogP contribution in [-0.2, 0) is 28.6 Å². The summed E-state index contributed by atoms with van der Waals surface area (Å²) in [6.07, 6.45) is 64.6. The van der Waals surface area contributed by atoms with Gasteiger partial charge in [-0.15, -0.1) is 0 Å². The molecule has 0 unspecified atom stereocenters. The zero-order valence-corrected chi connectivity index (χ0v) is 41.3. The molecule has 63 heavy (non-hydrogen) atoms. The lowest BCUT2D eigenvalue weighted by Gasteiger charge is -2.18. The molecule has 0 N–H and O–H groups in total. The van der Waals surface area contributed by atoms with Gasteiger partial charge in [0.1, 0.15) is 13.2 Å². The molecule has 0 heterocycles. The molecule has 6 nitrogen and oxygen atoms in total. The van der Waals surface area contributed by atoms with Crippen LogP contribution in [0.1, 0.15) is 252 Å². The van der Waals surface area contributed by atoms with Crippen molar-refractivity contribution in [1.29, 1.82) is 0 Å². The van der Waals surface area contributed by atoms with Crippen LogP contribution < -0.4 is 0 Å². The number of ether oxygens (including phenoxy) is 3. The molecule has 0 fully saturated rings. The van der Waals surface area contributed by atoms with E-state index in [2.05, 4.69) is 93.7 Å². The Morgan fingerprint density at radius 3 is 1.02 bits per heavy atom. The van der Waals surface area contributed by atoms with Crippen LogP contribution in [0, 0.1) is 0 Å². The number of rotatable bonds is 47. The highest BCUT2D eigenvalue weighted by molar-refractivity contribution is 5.71. The van der Waals surface area contributed by atoms with Crippen LogP contribution in [0.25, 0.3) is 0 Å². The van der Waals surface area contributed by atoms with Crippen molar-refractivity contribution in [1.82, 2.24) is 0 Å². The minimum atomic E-state index is -0.806. The predicted octanol–water partition coefficient (Wildman–Crippen LogP) is 17.4. The molecule has 0 aromatic heterocycles. The molecule has 0 radical (unpaired) electrons. The summed E-state index contributed by atoms with van der Waals surface area (Å²) in [7, 11) is 0. The average molecular weight is 879 g/mol. The Bertz CT molecular complexity index is 1190. The van der Waals surface area contributed by atoms with Gasteiger partial charge in [0.25, 0.3) is 0 Å². The van der Waals surface area contributed by atoms with Crippen LogP contribution in [0.15, 0.2) is 72.9 Å². The van der Waals surface area contributed by atoms with E-state index in [9.17, 15) is 14.4 Å². The van der Waals surface area contributed by atoms with Gasteiger partial charge in [-0.3, -0.25) is 14.4 Å². The highest BCUT2D eigenvalue weighted by Gasteiger charge is 2.19. The first-order chi connectivity index (χ1) is 31.0. The average Bonchev–Trinajstić information content (AvgIpc) is 3.28. The Balaban J connectivity index is 4.48. The fourth-order valence-electron chi connectivity index (χ4n) is 7.24. The van der Waals surface area contributed by atoms with Crippen LogP contribution in [0.3, 0.4) is 0 Å². The van der Waals surface area contributed by atoms with Crippen molar-refractivity contribution < 1.29 is 28.6 Å². The lowest BCUT2D eigenvalue weighted by atomic mass is 10.0. The molecule has 0 saturated heterocycles. The van der Waals surface area contributed by atoms with Crippen molar-refractivity contribution >= 4 is 17.9 Å². The zero-order valence-electron chi connectivity index (χ0n) is 41.3. The minimum Gasteiger partial charge on any atom is -0.462 e. The number of carbonyl (C=O) groups is 3. The Morgan fingerprint density at radius 1 is 0.333 bits per heavy atom. The van der Waals surface area contributed by atoms with E-state index in [0.29, 0.717) is 19.3 Å². The van der Waals surface area contributed by atoms with Crippen LogP contribution in [0.2, 0.25) is 0 Å². The number of esters is 3. The molecule has 0 spiro atoms. The van der Waals surface area contributed by atoms with E-state index < -0.39 is 6.10 Å². The first kappa shape index (κ1) is 59.9. The van der Waals surface area contributed by atoms with Crippen molar-refractivity contribution in [3.8, 4) is 0 Å². The van der Waals surface area contributed by atoms with Gasteiger partial charge in [-0.05, 0) is 83.5 Å². The molecule has 0 rings (SSSR count). The van der Waals surface area contributed by atoms with Gasteiger partial charge < -0.3 is 14.2 Å². The Hall–Kier alpha value is -3.15. The molecule has 0 aliphatic carbocycles. The largest absolute Gasteiger partial charge is 0.462 e. The van der Waals surface area contributed by atoms with Crippen LogP contribution in [-0.4, -0.2) is 37.2 Å². The molecule has 1 atom stereocenters. The number of hydrogen-bond donors (Lipinski definition) is 0. The second kappa shape index (κ2) is 51.5. The molecule has 0 bridgehead atoms. The third-order valence-electron chi connectivity index (χ3n) is 11.2. The predicted molar refractivity (Wildman–Crippen MR) is 270 cm³/mol. The van der Waals surface area contributed by atoms with Crippen LogP contribution in [0.4, 0.5) is 0 Å². The lowest BCUT2D eigenvalue weighted by molar-refractivity contribution is -0.167. The summed E-state index contributed by atoms with van der Waals surface area (Å²) in [5.74, 6) is -0.966. The first-order valence-electron chi connectivity index (χ1n) is 26.4. The Morgan fingerprint density at radius 2 is 0.635 bits per heavy atom. The molecular formula is C57H98O6. The summed E-state index contributed by atoms with van der Waals surface area (Å²) in [5.41, 5.74) is 0. The van der Waals surface area contributed by atoms with E-state index in [1.54, 1.807) is 0 Å². The summed E-state index contributed by atoms with van der Waals surface area (Å²) >= 11 is 0. The number of unbranched alkanes of at least 4 members (excludes halogenated alkanes) is 24. The summed E-state index contributed by atoms with van der Waals surface area (Å²) in [6, 6.07) is 0. The maximum Gasteiger partial charge on any atom is 0.306 e. The highest BCUT2D eigenvalue weighted by atomic mass is 16.6. The van der Waals surface area contributed by atoms with Crippen molar-refractivity contribution in [2.45, 2.75) is 258 Å². The van der Waals surface area contributed by atoms with Gasteiger partial charge in [0.2, 0.25) is 0 Å². The molecule has 0 amide bonds. The van der Waals surface area contributed by atoms with Gasteiger partial charge in [-0.25, -0.2) is 0 Å². The summed E-state index contributed by atoms with van der Waals surface area (Å²) in [6.45, 7) is 6.47. The standard InChI is InChI=1S/C57H98O6/c1-4-7-10-13-16-19-22-25-27-28-30-33-36-39-42-45-48-51-57(60)63-54(52-61-55(58)49-46-43-40-37-34-31-24-21-18-15-12-9-6-3)53-62-56(59)50-47-44-41-38-35-32-29-26-23-20-17-14-11-8-5-2/h8,11,17,20,25-27,29-30,33,39,42,54H,4-7,9-10,12-16,18-19,21-24,28,31-32,34-38,40-41,43-53H2,1-3H3/b11-8-,20-17-,27-25-,29-26-,33-30-,42-39-/t54-/m0/s1. The maximum absolute atomic E-state index is 12.8. The van der Waals surface area contributed by atoms with Gasteiger partial charge in [0, 0.05) is 19.3 Å². The molecule has 0 aromatic carbocycles. The van der Waals surface area contributed by atoms with Crippen molar-refractivity contribution in [2.24, 2.45) is 0 Å². The lowest BCUT2D eigenvalue weighted by Crippen LogP contribution is -2.30. The second-order valence-electron chi connectivity index (χ2n) is 17.4. The van der Waals surface area contributed by atoms with E-state index in [4.69, 9.17) is 14.2 Å². The van der Waals surface area contributed by atoms with Crippen LogP contribution in [0.5, 0.6) is 0 Å². The van der Waals surface area contributed by atoms with E-state index >= 15 is 0 Å². The Labute approximate surface area is 389 Å². The third kappa shape index (κ3) is 49.7. The molecule has 0 saturated carbocycles. The zero-order chi connectivity index (χ0) is 45.8. The summed E-state index contributed by atoms with van der Waals surface area (Å²) in [4.78, 5) is 38.0. The topological polar surface area (TPSA) is 78.9 Å². The molecule has 6 heteroatoms. The quantitative estimate of drug-likeness (QED) is 0.0262. The van der Waals surface area contributed by atoms with Gasteiger partial charge in [-0.1, -0.05) is 222 Å². The normalized spacial score (nSPS) is 12.6. The van der Waals surface area contributed by atoms with Crippen molar-refractivity contribution in [2.75, 3.05) is 13.2 Å². The summed E-state index contributed by atoms with van der Waals surface area (Å²) < 4.78 is 16.7. The second-order valence-corrected chi connectivity index (χ2v) is 17.4. The third-order valence-corrected chi connectivity index (χ3v) is 11.2. The molecular weight excluding hydrogens is 781 g/mol. The van der Waals surface area contributed by atoms with E-state index in [1.807, 2.05) is 0 Å². The first-order valence-corrected chi connectivity index (χ1v) is 26.4. The van der Waals surface area contributed by atoms with Gasteiger partial charge in [0.15, 0.2) is 6.10 Å². The maximum atomic E-state index is 12.8. The van der Waals surface area contributed by atoms with Gasteiger partial charge in [-0.2, -0.15) is 0 Å². The number of hydrogen-bond acceptors (Lipinski definition) is 6. The Kier molecular flexibility index (Phi) is 48.9. The fraction of sp³-hybridized carbons (Fsp3) is 0.737. The molecule has 0 aromatic rings. The van der Waals surface area contributed by atoms with E-state index in [1.165, 1.54) is 109 Å². The molecule has 0 aliphatic rings. The van der Waals surface area contributed by atoms with E-state index in [0.717, 1.165) is 96.3 Å². The molecule has 0 aliphatic heterocycles. The highest BCUT2D eigenvalue weighted by Crippen LogP contribution is 2.14. The van der Waals surface area contributed by atoms with Gasteiger partial charge >= 0.3 is 17.9 Å². The monoisotopic (exact) mass is 879 g/mol. The number of allylic oxidation sites excluding steroid dienone is 12. The van der Waals surface area contributed by atoms with Crippen molar-refractivity contribution in [3.05, 3.63) is 72.9 Å².